The van der Waals surface area contributed by atoms with Crippen LogP contribution in [0.15, 0.2) is 60.7 Å². The lowest BCUT2D eigenvalue weighted by molar-refractivity contribution is -0.114. The Bertz CT molecular complexity index is 1360. The number of nitrogens with one attached hydrogen (secondary N) is 3. The number of carbonyl (C=O) groups excluding carboxylic acids is 1. The van der Waals surface area contributed by atoms with Crippen LogP contribution < -0.4 is 10.6 Å². The highest BCUT2D eigenvalue weighted by molar-refractivity contribution is 5.96. The van der Waals surface area contributed by atoms with Crippen molar-refractivity contribution in [2.45, 2.75) is 32.2 Å². The number of aryl methyl sites for hydroxylation is 1. The van der Waals surface area contributed by atoms with Gasteiger partial charge in [-0.05, 0) is 72.9 Å². The second-order valence-electron chi connectivity index (χ2n) is 8.21. The number of hydrogen-bond acceptors (Lipinski definition) is 4. The largest absolute Gasteiger partial charge is 0.378 e. The van der Waals surface area contributed by atoms with E-state index in [1.165, 1.54) is 18.1 Å². The van der Waals surface area contributed by atoms with Crippen LogP contribution in [0.1, 0.15) is 42.5 Å². The Morgan fingerprint density at radius 2 is 2.03 bits per heavy atom. The number of aromatic amines is 1. The first-order valence-electron chi connectivity index (χ1n) is 10.8. The number of anilines is 2. The first-order valence-corrected chi connectivity index (χ1v) is 10.8. The minimum atomic E-state index is -0.102. The number of hydrogen-bond donors (Lipinski definition) is 3. The predicted molar refractivity (Wildman–Crippen MR) is 126 cm³/mol. The van der Waals surface area contributed by atoms with E-state index in [4.69, 9.17) is 0 Å². The van der Waals surface area contributed by atoms with Crippen LogP contribution >= 0.6 is 0 Å². The molecule has 0 saturated heterocycles. The molecule has 0 aliphatic heterocycles. The van der Waals surface area contributed by atoms with Crippen molar-refractivity contribution in [1.82, 2.24) is 10.2 Å². The number of nitrogens with zero attached hydrogens (tertiary/aromatic N) is 2. The van der Waals surface area contributed by atoms with E-state index in [9.17, 15) is 10.1 Å². The second kappa shape index (κ2) is 8.20. The van der Waals surface area contributed by atoms with Crippen LogP contribution in [0.25, 0.3) is 22.2 Å². The van der Waals surface area contributed by atoms with Gasteiger partial charge in [-0.2, -0.15) is 10.4 Å². The highest BCUT2D eigenvalue weighted by Gasteiger charge is 2.21. The monoisotopic (exact) mass is 421 g/mol. The molecule has 158 valence electrons. The van der Waals surface area contributed by atoms with Gasteiger partial charge < -0.3 is 10.6 Å². The topological polar surface area (TPSA) is 93.6 Å². The first-order chi connectivity index (χ1) is 15.6. The third-order valence-electron chi connectivity index (χ3n) is 5.95. The van der Waals surface area contributed by atoms with Crippen LogP contribution in [0.5, 0.6) is 0 Å². The van der Waals surface area contributed by atoms with Gasteiger partial charge in [0.1, 0.15) is 5.69 Å². The molecule has 5 rings (SSSR count). The van der Waals surface area contributed by atoms with E-state index in [2.05, 4.69) is 45.1 Å². The maximum atomic E-state index is 11.4. The molecule has 0 fully saturated rings. The molecule has 1 aliphatic rings. The summed E-state index contributed by atoms with van der Waals surface area (Å²) in [5, 5.41) is 24.4. The Hall–Kier alpha value is -4.11. The van der Waals surface area contributed by atoms with Gasteiger partial charge in [0.25, 0.3) is 0 Å². The van der Waals surface area contributed by atoms with E-state index < -0.39 is 0 Å². The first kappa shape index (κ1) is 19.8. The fourth-order valence-electron chi connectivity index (χ4n) is 4.51. The van der Waals surface area contributed by atoms with Crippen molar-refractivity contribution in [3.63, 3.8) is 0 Å². The van der Waals surface area contributed by atoms with Gasteiger partial charge in [0.05, 0.1) is 23.2 Å². The van der Waals surface area contributed by atoms with Crippen LogP contribution in [-0.2, 0) is 11.2 Å². The maximum Gasteiger partial charge on any atom is 0.221 e. The van der Waals surface area contributed by atoms with Crippen molar-refractivity contribution >= 4 is 28.2 Å². The molecule has 1 amide bonds. The molecule has 0 radical (unpaired) electrons. The summed E-state index contributed by atoms with van der Waals surface area (Å²) in [6.45, 7) is 1.50. The average molecular weight is 422 g/mol. The number of rotatable bonds is 4. The van der Waals surface area contributed by atoms with Crippen molar-refractivity contribution in [2.24, 2.45) is 0 Å². The summed E-state index contributed by atoms with van der Waals surface area (Å²) < 4.78 is 0. The van der Waals surface area contributed by atoms with E-state index in [0.717, 1.165) is 58.4 Å². The molecule has 3 N–H and O–H groups in total. The van der Waals surface area contributed by atoms with Crippen LogP contribution in [0.3, 0.4) is 0 Å². The van der Waals surface area contributed by atoms with Crippen molar-refractivity contribution in [3.05, 3.63) is 77.4 Å². The summed E-state index contributed by atoms with van der Waals surface area (Å²) in [6.07, 6.45) is 3.15. The number of amides is 1. The summed E-state index contributed by atoms with van der Waals surface area (Å²) in [6, 6.07) is 22.4. The third-order valence-corrected chi connectivity index (χ3v) is 5.95. The Labute approximate surface area is 186 Å². The predicted octanol–water partition coefficient (Wildman–Crippen LogP) is 5.55. The molecule has 0 saturated carbocycles. The molecular weight excluding hydrogens is 398 g/mol. The Kier molecular flexibility index (Phi) is 5.08. The van der Waals surface area contributed by atoms with Crippen LogP contribution in [0.4, 0.5) is 11.4 Å². The van der Waals surface area contributed by atoms with E-state index in [-0.39, 0.29) is 11.9 Å². The zero-order valence-corrected chi connectivity index (χ0v) is 17.8. The van der Waals surface area contributed by atoms with Gasteiger partial charge in [-0.1, -0.05) is 18.2 Å². The van der Waals surface area contributed by atoms with Crippen molar-refractivity contribution in [3.8, 4) is 17.3 Å². The van der Waals surface area contributed by atoms with Gasteiger partial charge in [0.2, 0.25) is 5.91 Å². The second-order valence-corrected chi connectivity index (χ2v) is 8.21. The van der Waals surface area contributed by atoms with Gasteiger partial charge in [0, 0.05) is 29.2 Å². The maximum absolute atomic E-state index is 11.4. The summed E-state index contributed by atoms with van der Waals surface area (Å²) in [5.41, 5.74) is 7.76. The molecule has 1 aromatic heterocycles. The molecule has 6 nitrogen and oxygen atoms in total. The Morgan fingerprint density at radius 1 is 1.12 bits per heavy atom. The molecular formula is C26H23N5O. The van der Waals surface area contributed by atoms with Crippen molar-refractivity contribution < 1.29 is 4.79 Å². The summed E-state index contributed by atoms with van der Waals surface area (Å²) >= 11 is 0. The van der Waals surface area contributed by atoms with Gasteiger partial charge >= 0.3 is 0 Å². The summed E-state index contributed by atoms with van der Waals surface area (Å²) in [4.78, 5) is 11.4. The molecule has 32 heavy (non-hydrogen) atoms. The minimum Gasteiger partial charge on any atom is -0.378 e. The quantitative estimate of drug-likeness (QED) is 0.403. The number of fused-ring (bicyclic) bond motifs is 2. The highest BCUT2D eigenvalue weighted by atomic mass is 16.1. The fourth-order valence-corrected chi connectivity index (χ4v) is 4.51. The van der Waals surface area contributed by atoms with E-state index in [1.54, 1.807) is 0 Å². The summed E-state index contributed by atoms with van der Waals surface area (Å²) in [7, 11) is 0. The number of aromatic nitrogens is 2. The molecule has 4 aromatic rings. The number of benzene rings is 3. The SMILES string of the molecule is CC(=O)Nc1cccc(-c2n[nH]c3ccc(NC4CCCc5cc(C#N)ccc54)cc23)c1. The van der Waals surface area contributed by atoms with Gasteiger partial charge in [-0.15, -0.1) is 0 Å². The lowest BCUT2D eigenvalue weighted by atomic mass is 9.86. The van der Waals surface area contributed by atoms with Crippen LogP contribution in [0, 0.1) is 11.3 Å². The normalized spacial score (nSPS) is 15.1. The molecule has 0 spiro atoms. The lowest BCUT2D eigenvalue weighted by Crippen LogP contribution is -2.17. The van der Waals surface area contributed by atoms with E-state index >= 15 is 0 Å². The fraction of sp³-hybridized carbons (Fsp3) is 0.192. The van der Waals surface area contributed by atoms with Gasteiger partial charge in [0.15, 0.2) is 0 Å². The minimum absolute atomic E-state index is 0.102. The zero-order chi connectivity index (χ0) is 22.1. The van der Waals surface area contributed by atoms with Crippen molar-refractivity contribution in [2.75, 3.05) is 10.6 Å². The van der Waals surface area contributed by atoms with E-state index in [0.29, 0.717) is 0 Å². The molecule has 3 aromatic carbocycles. The smallest absolute Gasteiger partial charge is 0.221 e. The Morgan fingerprint density at radius 3 is 2.88 bits per heavy atom. The number of nitriles is 1. The van der Waals surface area contributed by atoms with Crippen LogP contribution in [-0.4, -0.2) is 16.1 Å². The summed E-state index contributed by atoms with van der Waals surface area (Å²) in [5.74, 6) is -0.102. The molecule has 6 heteroatoms. The lowest BCUT2D eigenvalue weighted by Gasteiger charge is -2.27. The number of H-pyrrole nitrogens is 1. The van der Waals surface area contributed by atoms with Gasteiger partial charge in [-0.25, -0.2) is 0 Å². The van der Waals surface area contributed by atoms with Crippen molar-refractivity contribution in [1.29, 1.82) is 5.26 Å². The molecule has 1 aliphatic carbocycles. The average Bonchev–Trinajstić information content (AvgIpc) is 3.22. The molecule has 1 atom stereocenters. The highest BCUT2D eigenvalue weighted by Crippen LogP contribution is 2.35. The number of carbonyl (C=O) groups is 1. The molecule has 1 heterocycles. The molecule has 1 unspecified atom stereocenters. The van der Waals surface area contributed by atoms with Crippen LogP contribution in [0.2, 0.25) is 0 Å². The van der Waals surface area contributed by atoms with Gasteiger partial charge in [-0.3, -0.25) is 9.89 Å². The molecule has 0 bridgehead atoms. The van der Waals surface area contributed by atoms with E-state index in [1.807, 2.05) is 42.5 Å². The zero-order valence-electron chi connectivity index (χ0n) is 17.8. The third kappa shape index (κ3) is 3.81. The Balaban J connectivity index is 1.47. The standard InChI is InChI=1S/C26H23N5O/c1-16(32)28-20-6-2-5-19(13-20)26-23-14-21(9-11-25(23)30-31-26)29-24-7-3-4-18-12-17(15-27)8-10-22(18)24/h2,5-6,8-14,24,29H,3-4,7H2,1H3,(H,28,32)(H,30,31).